The molecule has 2 heterocycles. The molecule has 0 radical (unpaired) electrons. The van der Waals surface area contributed by atoms with E-state index in [0.717, 1.165) is 28.0 Å². The Hall–Kier alpha value is 0.430. The zero-order valence-electron chi connectivity index (χ0n) is 15.8. The van der Waals surface area contributed by atoms with Crippen LogP contribution in [-0.2, 0) is 0 Å². The molecule has 2 rings (SSSR count). The Balaban J connectivity index is 0.000000520. The zero-order valence-corrected chi connectivity index (χ0v) is 17.6. The van der Waals surface area contributed by atoms with E-state index in [-0.39, 0.29) is 0 Å². The second-order valence-electron chi connectivity index (χ2n) is 7.07. The summed E-state index contributed by atoms with van der Waals surface area (Å²) in [7, 11) is -11.3. The van der Waals surface area contributed by atoms with Gasteiger partial charge in [0.1, 0.15) is 0 Å². The van der Waals surface area contributed by atoms with Crippen molar-refractivity contribution in [2.24, 2.45) is 0 Å². The van der Waals surface area contributed by atoms with Crippen LogP contribution < -0.4 is 0 Å². The average molecular weight is 432 g/mol. The first kappa shape index (κ1) is 26.4. The summed E-state index contributed by atoms with van der Waals surface area (Å²) in [5, 5.41) is 1.09. The highest BCUT2D eigenvalue weighted by Gasteiger charge is 2.42. The van der Waals surface area contributed by atoms with E-state index in [1.165, 1.54) is 25.7 Å². The summed E-state index contributed by atoms with van der Waals surface area (Å²) >= 11 is 0. The molecule has 2 fully saturated rings. The lowest BCUT2D eigenvalue weighted by molar-refractivity contribution is 0.366. The van der Waals surface area contributed by atoms with Crippen molar-refractivity contribution in [3.8, 4) is 0 Å². The highest BCUT2D eigenvalue weighted by molar-refractivity contribution is 7.77. The van der Waals surface area contributed by atoms with Gasteiger partial charge in [-0.05, 0) is 53.7 Å². The van der Waals surface area contributed by atoms with Crippen LogP contribution >= 0.6 is 15.8 Å². The van der Waals surface area contributed by atoms with E-state index in [2.05, 4.69) is 34.6 Å². The van der Waals surface area contributed by atoms with E-state index >= 15 is 0 Å². The number of hydrogen-bond acceptors (Lipinski definition) is 0. The molecule has 2 saturated heterocycles. The Bertz CT molecular complexity index is 339. The largest absolute Gasteiger partial charge is 0.673 e. The van der Waals surface area contributed by atoms with Gasteiger partial charge in [-0.15, -0.1) is 0 Å². The monoisotopic (exact) mass is 432 g/mol. The molecule has 4 atom stereocenters. The van der Waals surface area contributed by atoms with E-state index in [1.807, 2.05) is 0 Å². The van der Waals surface area contributed by atoms with Crippen LogP contribution in [0.2, 0.25) is 0 Å². The lowest BCUT2D eigenvalue weighted by Crippen LogP contribution is -2.14. The fourth-order valence-electron chi connectivity index (χ4n) is 4.06. The molecule has 0 amide bonds. The highest BCUT2D eigenvalue weighted by Crippen LogP contribution is 2.72. The van der Waals surface area contributed by atoms with Gasteiger partial charge in [0.15, 0.2) is 0 Å². The molecule has 12 heteroatoms. The fraction of sp³-hybridized carbons (Fsp3) is 1.00. The summed E-state index contributed by atoms with van der Waals surface area (Å²) in [5.41, 5.74) is 4.23. The minimum atomic E-state index is -6.00. The van der Waals surface area contributed by atoms with Crippen LogP contribution in [0.3, 0.4) is 0 Å². The standard InChI is InChI=1S/C14H28P2.2BF4/c1-10-6-7-11(2)15(10)14(5)16-12(3)8-9-13(16)4;2*2-1(3,4)5/h10-14H,6-9H2,1-5H3;;/q;2*-1/t10-,11-,12-,13-;;/m1../s1. The second-order valence-corrected chi connectivity index (χ2v) is 14.3. The summed E-state index contributed by atoms with van der Waals surface area (Å²) in [6.07, 6.45) is 6.07. The Morgan fingerprint density at radius 3 is 0.885 bits per heavy atom. The maximum absolute atomic E-state index is 9.75. The summed E-state index contributed by atoms with van der Waals surface area (Å²) < 4.78 is 78.0. The van der Waals surface area contributed by atoms with Gasteiger partial charge in [-0.2, -0.15) is 0 Å². The molecular weight excluding hydrogens is 404 g/mol. The van der Waals surface area contributed by atoms with E-state index in [0.29, 0.717) is 15.8 Å². The third kappa shape index (κ3) is 11.3. The number of rotatable bonds is 2. The van der Waals surface area contributed by atoms with Gasteiger partial charge in [0.2, 0.25) is 0 Å². The van der Waals surface area contributed by atoms with Gasteiger partial charge in [-0.25, -0.2) is 0 Å². The van der Waals surface area contributed by atoms with Gasteiger partial charge in [0.25, 0.3) is 0 Å². The van der Waals surface area contributed by atoms with Crippen LogP contribution in [-0.4, -0.2) is 42.5 Å². The Morgan fingerprint density at radius 2 is 0.731 bits per heavy atom. The van der Waals surface area contributed by atoms with Crippen molar-refractivity contribution in [1.29, 1.82) is 0 Å². The SMILES string of the molecule is CC(P1[C@H](C)CC[C@H]1C)P1[C@H](C)CC[C@H]1C.F[B-](F)(F)F.F[B-](F)(F)F. The molecule has 26 heavy (non-hydrogen) atoms. The molecule has 0 nitrogen and oxygen atoms in total. The molecule has 0 aromatic carbocycles. The quantitative estimate of drug-likeness (QED) is 0.236. The number of hydrogen-bond donors (Lipinski definition) is 0. The lowest BCUT2D eigenvalue weighted by Gasteiger charge is -2.37. The predicted octanol–water partition coefficient (Wildman–Crippen LogP) is 8.04. The van der Waals surface area contributed by atoms with E-state index in [1.54, 1.807) is 0 Å². The van der Waals surface area contributed by atoms with Crippen molar-refractivity contribution in [3.63, 3.8) is 0 Å². The van der Waals surface area contributed by atoms with Gasteiger partial charge in [-0.1, -0.05) is 50.5 Å². The smallest absolute Gasteiger partial charge is 0.418 e. The van der Waals surface area contributed by atoms with Gasteiger partial charge >= 0.3 is 14.5 Å². The number of halogens is 8. The molecule has 0 aromatic rings. The summed E-state index contributed by atoms with van der Waals surface area (Å²) in [6, 6.07) is 0. The minimum Gasteiger partial charge on any atom is -0.418 e. The first-order chi connectivity index (χ1) is 11.5. The first-order valence-electron chi connectivity index (χ1n) is 8.81. The van der Waals surface area contributed by atoms with Crippen LogP contribution in [0.15, 0.2) is 0 Å². The van der Waals surface area contributed by atoms with E-state index in [9.17, 15) is 34.5 Å². The Kier molecular flexibility index (Phi) is 11.0. The maximum atomic E-state index is 9.75. The summed E-state index contributed by atoms with van der Waals surface area (Å²) in [4.78, 5) is 0. The predicted molar refractivity (Wildman–Crippen MR) is 100.0 cm³/mol. The van der Waals surface area contributed by atoms with Gasteiger partial charge in [0, 0.05) is 0 Å². The van der Waals surface area contributed by atoms with Crippen LogP contribution in [0.1, 0.15) is 60.3 Å². The normalized spacial score (nSPS) is 30.7. The molecule has 2 aliphatic rings. The Morgan fingerprint density at radius 1 is 0.577 bits per heavy atom. The molecule has 0 aliphatic carbocycles. The minimum absolute atomic E-state index is 0.336. The second kappa shape index (κ2) is 10.8. The summed E-state index contributed by atoms with van der Waals surface area (Å²) in [5.74, 6) is 0. The molecule has 0 spiro atoms. The molecule has 2 aliphatic heterocycles. The molecule has 0 unspecified atom stereocenters. The van der Waals surface area contributed by atoms with Gasteiger partial charge in [-0.3, -0.25) is 0 Å². The van der Waals surface area contributed by atoms with E-state index in [4.69, 9.17) is 0 Å². The van der Waals surface area contributed by atoms with Crippen molar-refractivity contribution < 1.29 is 34.5 Å². The molecule has 0 aromatic heterocycles. The van der Waals surface area contributed by atoms with Gasteiger partial charge in [0.05, 0.1) is 0 Å². The van der Waals surface area contributed by atoms with Crippen LogP contribution in [0.4, 0.5) is 34.5 Å². The van der Waals surface area contributed by atoms with Crippen molar-refractivity contribution in [3.05, 3.63) is 0 Å². The molecule has 0 saturated carbocycles. The fourth-order valence-corrected chi connectivity index (χ4v) is 14.5. The third-order valence-corrected chi connectivity index (χ3v) is 13.3. The molecule has 0 N–H and O–H groups in total. The molecule has 158 valence electrons. The van der Waals surface area contributed by atoms with Crippen LogP contribution in [0.5, 0.6) is 0 Å². The average Bonchev–Trinajstić information content (AvgIpc) is 2.88. The molecular formula is C14H28B2F8P2-2. The van der Waals surface area contributed by atoms with Crippen molar-refractivity contribution >= 4 is 30.4 Å². The van der Waals surface area contributed by atoms with Crippen molar-refractivity contribution in [2.75, 3.05) is 0 Å². The van der Waals surface area contributed by atoms with Gasteiger partial charge < -0.3 is 34.5 Å². The van der Waals surface area contributed by atoms with Crippen LogP contribution in [0, 0.1) is 0 Å². The highest BCUT2D eigenvalue weighted by atomic mass is 31.2. The Labute approximate surface area is 154 Å². The summed E-state index contributed by atoms with van der Waals surface area (Å²) in [6.45, 7) is 12.8. The molecule has 0 bridgehead atoms. The first-order valence-corrected chi connectivity index (χ1v) is 11.9. The van der Waals surface area contributed by atoms with Crippen molar-refractivity contribution in [2.45, 2.75) is 88.3 Å². The lowest BCUT2D eigenvalue weighted by atomic mass is 10.2. The van der Waals surface area contributed by atoms with E-state index < -0.39 is 14.5 Å². The van der Waals surface area contributed by atoms with Crippen LogP contribution in [0.25, 0.3) is 0 Å². The third-order valence-electron chi connectivity index (χ3n) is 4.90. The maximum Gasteiger partial charge on any atom is 0.673 e. The topological polar surface area (TPSA) is 0 Å². The zero-order chi connectivity index (χ0) is 20.9. The van der Waals surface area contributed by atoms with Crippen molar-refractivity contribution in [1.82, 2.24) is 0 Å².